The lowest BCUT2D eigenvalue weighted by Crippen LogP contribution is -2.44. The molecule has 0 aliphatic carbocycles. The second kappa shape index (κ2) is 7.55. The fourth-order valence-electron chi connectivity index (χ4n) is 2.77. The summed E-state index contributed by atoms with van der Waals surface area (Å²) < 4.78 is 16.3. The third-order valence-electron chi connectivity index (χ3n) is 4.55. The van der Waals surface area contributed by atoms with Crippen molar-refractivity contribution >= 4 is 11.0 Å². The topological polar surface area (TPSA) is 29.1 Å². The largest absolute Gasteiger partial charge is 0.242 e. The molecule has 0 saturated heterocycles. The van der Waals surface area contributed by atoms with Crippen LogP contribution < -0.4 is 4.72 Å². The van der Waals surface area contributed by atoms with E-state index in [2.05, 4.69) is 58.4 Å². The van der Waals surface area contributed by atoms with Gasteiger partial charge in [0, 0.05) is 6.04 Å². The van der Waals surface area contributed by atoms with Crippen LogP contribution in [0, 0.1) is 5.41 Å². The summed E-state index contributed by atoms with van der Waals surface area (Å²) in [5.74, 6) is 0. The van der Waals surface area contributed by atoms with Gasteiger partial charge < -0.3 is 0 Å². The smallest absolute Gasteiger partial charge is 0.0984 e. The van der Waals surface area contributed by atoms with E-state index in [1.165, 1.54) is 5.56 Å². The lowest BCUT2D eigenvalue weighted by molar-refractivity contribution is 0.305. The Kier molecular flexibility index (Phi) is 6.61. The molecule has 0 bridgehead atoms. The Morgan fingerprint density at radius 1 is 1.00 bits per heavy atom. The summed E-state index contributed by atoms with van der Waals surface area (Å²) in [5, 5.41) is 0. The van der Waals surface area contributed by atoms with Crippen molar-refractivity contribution in [2.24, 2.45) is 5.41 Å². The van der Waals surface area contributed by atoms with Gasteiger partial charge in [-0.15, -0.1) is 0 Å². The van der Waals surface area contributed by atoms with Crippen molar-refractivity contribution in [1.82, 2.24) is 4.72 Å². The average molecular weight is 310 g/mol. The van der Waals surface area contributed by atoms with Crippen molar-refractivity contribution in [2.75, 3.05) is 0 Å². The fraction of sp³-hybridized carbons (Fsp3) is 0.667. The van der Waals surface area contributed by atoms with Gasteiger partial charge in [0.15, 0.2) is 0 Å². The predicted octanol–water partition coefficient (Wildman–Crippen LogP) is 5.00. The van der Waals surface area contributed by atoms with Gasteiger partial charge in [0.05, 0.1) is 15.7 Å². The highest BCUT2D eigenvalue weighted by Gasteiger charge is 2.36. The summed E-state index contributed by atoms with van der Waals surface area (Å²) in [4.78, 5) is 0. The van der Waals surface area contributed by atoms with E-state index in [-0.39, 0.29) is 16.2 Å². The molecule has 3 heteroatoms. The molecule has 1 aromatic rings. The van der Waals surface area contributed by atoms with Crippen LogP contribution in [-0.4, -0.2) is 8.96 Å². The standard InChI is InChI=1S/C18H31NOS/c1-7-18(8-2,9-3)21(20)19-16(17(4,5)6)15-13-11-10-12-14-15/h10-14,16,19H,7-9H2,1-6H3/t16-,21-/m1/s1. The number of benzene rings is 1. The van der Waals surface area contributed by atoms with Crippen molar-refractivity contribution < 1.29 is 4.21 Å². The van der Waals surface area contributed by atoms with Crippen molar-refractivity contribution in [1.29, 1.82) is 0 Å². The third-order valence-corrected chi connectivity index (χ3v) is 6.65. The molecule has 0 radical (unpaired) electrons. The van der Waals surface area contributed by atoms with Crippen LogP contribution in [0.15, 0.2) is 30.3 Å². The van der Waals surface area contributed by atoms with Crippen LogP contribution in [0.1, 0.15) is 72.4 Å². The number of hydrogen-bond acceptors (Lipinski definition) is 1. The molecule has 2 atom stereocenters. The van der Waals surface area contributed by atoms with Gasteiger partial charge in [-0.2, -0.15) is 0 Å². The monoisotopic (exact) mass is 309 g/mol. The van der Waals surface area contributed by atoms with Crippen molar-refractivity contribution in [2.45, 2.75) is 71.6 Å². The number of nitrogens with one attached hydrogen (secondary N) is 1. The molecule has 0 aliphatic rings. The minimum absolute atomic E-state index is 0.0119. The molecule has 0 aliphatic heterocycles. The molecule has 1 aromatic carbocycles. The molecule has 0 amide bonds. The predicted molar refractivity (Wildman–Crippen MR) is 93.5 cm³/mol. The molecule has 0 fully saturated rings. The maximum absolute atomic E-state index is 13.0. The van der Waals surface area contributed by atoms with E-state index in [9.17, 15) is 4.21 Å². The van der Waals surface area contributed by atoms with Gasteiger partial charge in [-0.05, 0) is 30.2 Å². The Morgan fingerprint density at radius 2 is 1.48 bits per heavy atom. The molecule has 1 rings (SSSR count). The van der Waals surface area contributed by atoms with E-state index in [0.29, 0.717) is 0 Å². The van der Waals surface area contributed by atoms with Gasteiger partial charge in [0.2, 0.25) is 0 Å². The Bertz CT molecular complexity index is 438. The number of hydrogen-bond donors (Lipinski definition) is 1. The molecule has 0 spiro atoms. The molecule has 0 unspecified atom stereocenters. The molecule has 120 valence electrons. The Morgan fingerprint density at radius 3 is 1.86 bits per heavy atom. The summed E-state index contributed by atoms with van der Waals surface area (Å²) in [6.45, 7) is 13.0. The van der Waals surface area contributed by atoms with Crippen LogP contribution in [0.2, 0.25) is 0 Å². The van der Waals surface area contributed by atoms with E-state index in [4.69, 9.17) is 0 Å². The maximum Gasteiger partial charge on any atom is 0.0984 e. The first kappa shape index (κ1) is 18.4. The summed E-state index contributed by atoms with van der Waals surface area (Å²) in [5.41, 5.74) is 1.22. The number of rotatable bonds is 7. The zero-order valence-electron chi connectivity index (χ0n) is 14.4. The molecular weight excluding hydrogens is 278 g/mol. The van der Waals surface area contributed by atoms with Crippen LogP contribution in [0.25, 0.3) is 0 Å². The summed E-state index contributed by atoms with van der Waals surface area (Å²) in [6.07, 6.45) is 2.81. The minimum atomic E-state index is -1.04. The van der Waals surface area contributed by atoms with E-state index >= 15 is 0 Å². The van der Waals surface area contributed by atoms with Crippen molar-refractivity contribution in [3.05, 3.63) is 35.9 Å². The SMILES string of the molecule is CCC(CC)(CC)[S@@](=O)N[C@H](c1ccccc1)C(C)(C)C. The highest BCUT2D eigenvalue weighted by atomic mass is 32.2. The van der Waals surface area contributed by atoms with E-state index < -0.39 is 11.0 Å². The van der Waals surface area contributed by atoms with Crippen molar-refractivity contribution in [3.63, 3.8) is 0 Å². The molecule has 1 N–H and O–H groups in total. The summed E-state index contributed by atoms with van der Waals surface area (Å²) in [6, 6.07) is 10.4. The zero-order chi connectivity index (χ0) is 16.1. The molecular formula is C18H31NOS. The molecule has 21 heavy (non-hydrogen) atoms. The van der Waals surface area contributed by atoms with Gasteiger partial charge in [-0.1, -0.05) is 71.9 Å². The average Bonchev–Trinajstić information content (AvgIpc) is 2.47. The first-order valence-electron chi connectivity index (χ1n) is 8.03. The second-order valence-electron chi connectivity index (χ2n) is 6.84. The van der Waals surface area contributed by atoms with E-state index in [1.54, 1.807) is 0 Å². The molecule has 0 aromatic heterocycles. The van der Waals surface area contributed by atoms with Gasteiger partial charge in [0.1, 0.15) is 0 Å². The van der Waals surface area contributed by atoms with E-state index in [0.717, 1.165) is 19.3 Å². The van der Waals surface area contributed by atoms with Crippen LogP contribution in [0.4, 0.5) is 0 Å². The van der Waals surface area contributed by atoms with E-state index in [1.807, 2.05) is 18.2 Å². The van der Waals surface area contributed by atoms with Gasteiger partial charge in [-0.3, -0.25) is 0 Å². The fourth-order valence-corrected chi connectivity index (χ4v) is 4.51. The summed E-state index contributed by atoms with van der Waals surface area (Å²) >= 11 is 0. The Hall–Kier alpha value is -0.670. The highest BCUT2D eigenvalue weighted by Crippen LogP contribution is 2.35. The van der Waals surface area contributed by atoms with Gasteiger partial charge >= 0.3 is 0 Å². The molecule has 2 nitrogen and oxygen atoms in total. The van der Waals surface area contributed by atoms with Crippen LogP contribution in [0.5, 0.6) is 0 Å². The normalized spacial score (nSPS) is 15.7. The second-order valence-corrected chi connectivity index (χ2v) is 8.48. The lowest BCUT2D eigenvalue weighted by atomic mass is 9.83. The van der Waals surface area contributed by atoms with Gasteiger partial charge in [0.25, 0.3) is 0 Å². The first-order valence-corrected chi connectivity index (χ1v) is 9.18. The van der Waals surface area contributed by atoms with Crippen LogP contribution in [-0.2, 0) is 11.0 Å². The molecule has 0 heterocycles. The van der Waals surface area contributed by atoms with Crippen LogP contribution >= 0.6 is 0 Å². The minimum Gasteiger partial charge on any atom is -0.242 e. The first-order chi connectivity index (χ1) is 9.80. The zero-order valence-corrected chi connectivity index (χ0v) is 15.2. The third kappa shape index (κ3) is 4.40. The highest BCUT2D eigenvalue weighted by molar-refractivity contribution is 7.84. The quantitative estimate of drug-likeness (QED) is 0.755. The lowest BCUT2D eigenvalue weighted by Gasteiger charge is -2.36. The maximum atomic E-state index is 13.0. The van der Waals surface area contributed by atoms with Gasteiger partial charge in [-0.25, -0.2) is 8.93 Å². The van der Waals surface area contributed by atoms with Crippen molar-refractivity contribution in [3.8, 4) is 0 Å². The Labute approximate surface area is 133 Å². The Balaban J connectivity index is 3.06. The molecule has 0 saturated carbocycles. The van der Waals surface area contributed by atoms with Crippen LogP contribution in [0.3, 0.4) is 0 Å². The summed E-state index contributed by atoms with van der Waals surface area (Å²) in [7, 11) is -1.04.